The van der Waals surface area contributed by atoms with Gasteiger partial charge in [-0.25, -0.2) is 9.80 Å². The Labute approximate surface area is 105 Å². The molecule has 0 saturated heterocycles. The molecule has 0 aliphatic rings. The molecule has 4 heteroatoms. The number of hydrogen-bond acceptors (Lipinski definition) is 2. The van der Waals surface area contributed by atoms with Gasteiger partial charge in [0.05, 0.1) is 0 Å². The highest BCUT2D eigenvalue weighted by atomic mass is 19.3. The van der Waals surface area contributed by atoms with Crippen molar-refractivity contribution >= 4 is 0 Å². The van der Waals surface area contributed by atoms with Crippen LogP contribution in [0.3, 0.4) is 0 Å². The fraction of sp³-hybridized carbons (Fsp3) is 1.00. The maximum atomic E-state index is 14.6. The Hall–Kier alpha value is -0.220. The maximum absolute atomic E-state index is 14.6. The second-order valence-corrected chi connectivity index (χ2v) is 5.70. The molecule has 0 aromatic rings. The molecule has 0 rings (SSSR count). The van der Waals surface area contributed by atoms with Crippen molar-refractivity contribution in [2.75, 3.05) is 0 Å². The van der Waals surface area contributed by atoms with Crippen LogP contribution < -0.4 is 0 Å². The van der Waals surface area contributed by atoms with Gasteiger partial charge in [0.2, 0.25) is 0 Å². The minimum atomic E-state index is -2.91. The van der Waals surface area contributed by atoms with Gasteiger partial charge < -0.3 is 0 Å². The van der Waals surface area contributed by atoms with Crippen LogP contribution >= 0.6 is 0 Å². The van der Waals surface area contributed by atoms with Gasteiger partial charge >= 0.3 is 6.17 Å². The highest BCUT2D eigenvalue weighted by molar-refractivity contribution is 4.81. The molecular formula is C13H28F2N2. The molecule has 0 spiro atoms. The van der Waals surface area contributed by atoms with Crippen LogP contribution in [-0.4, -0.2) is 40.1 Å². The van der Waals surface area contributed by atoms with Gasteiger partial charge in [-0.3, -0.25) is 0 Å². The zero-order valence-corrected chi connectivity index (χ0v) is 12.5. The van der Waals surface area contributed by atoms with E-state index in [4.69, 9.17) is 0 Å². The van der Waals surface area contributed by atoms with E-state index in [0.29, 0.717) is 0 Å². The first-order valence-corrected chi connectivity index (χ1v) is 6.48. The minimum absolute atomic E-state index is 0.190. The number of nitrogens with zero attached hydrogens (tertiary/aromatic N) is 2. The van der Waals surface area contributed by atoms with Crippen LogP contribution in [0, 0.1) is 0 Å². The van der Waals surface area contributed by atoms with E-state index in [1.165, 1.54) is 9.80 Å². The predicted molar refractivity (Wildman–Crippen MR) is 69.2 cm³/mol. The van der Waals surface area contributed by atoms with Gasteiger partial charge in [0.15, 0.2) is 0 Å². The molecule has 0 radical (unpaired) electrons. The van der Waals surface area contributed by atoms with Crippen LogP contribution in [0.2, 0.25) is 0 Å². The molecule has 2 nitrogen and oxygen atoms in total. The lowest BCUT2D eigenvalue weighted by molar-refractivity contribution is -0.287. The van der Waals surface area contributed by atoms with Crippen LogP contribution in [0.5, 0.6) is 0 Å². The van der Waals surface area contributed by atoms with Crippen molar-refractivity contribution < 1.29 is 8.78 Å². The zero-order chi connectivity index (χ0) is 14.0. The fourth-order valence-electron chi connectivity index (χ4n) is 2.57. The molecule has 0 saturated carbocycles. The van der Waals surface area contributed by atoms with Crippen molar-refractivity contribution in [2.45, 2.75) is 85.7 Å². The number of alkyl halides is 2. The number of rotatable bonds is 6. The number of hydrogen-bond donors (Lipinski definition) is 0. The van der Waals surface area contributed by atoms with Crippen molar-refractivity contribution in [3.8, 4) is 0 Å². The summed E-state index contributed by atoms with van der Waals surface area (Å²) in [5, 5.41) is 0. The summed E-state index contributed by atoms with van der Waals surface area (Å²) in [5.41, 5.74) is 0. The monoisotopic (exact) mass is 250 g/mol. The first-order chi connectivity index (χ1) is 7.53. The normalized spacial score (nSPS) is 14.1. The summed E-state index contributed by atoms with van der Waals surface area (Å²) in [4.78, 5) is 2.54. The lowest BCUT2D eigenvalue weighted by Crippen LogP contribution is -2.63. The first kappa shape index (κ1) is 16.8. The molecule has 0 bridgehead atoms. The van der Waals surface area contributed by atoms with Crippen LogP contribution in [0.25, 0.3) is 0 Å². The molecule has 104 valence electrons. The lowest BCUT2D eigenvalue weighted by Gasteiger charge is -2.46. The van der Waals surface area contributed by atoms with E-state index in [1.54, 1.807) is 0 Å². The molecule has 0 aliphatic heterocycles. The van der Waals surface area contributed by atoms with Gasteiger partial charge in [-0.15, -0.1) is 0 Å². The quantitative estimate of drug-likeness (QED) is 0.523. The Morgan fingerprint density at radius 1 is 0.588 bits per heavy atom. The summed E-state index contributed by atoms with van der Waals surface area (Å²) in [6.45, 7) is 14.5. The molecular weight excluding hydrogens is 222 g/mol. The Morgan fingerprint density at radius 3 is 0.882 bits per heavy atom. The van der Waals surface area contributed by atoms with Crippen LogP contribution in [-0.2, 0) is 0 Å². The Balaban J connectivity index is 5.30. The summed E-state index contributed by atoms with van der Waals surface area (Å²) < 4.78 is 29.2. The van der Waals surface area contributed by atoms with E-state index in [1.807, 2.05) is 55.4 Å². The average Bonchev–Trinajstić information content (AvgIpc) is 1.96. The Bertz CT molecular complexity index is 187. The molecule has 0 unspecified atom stereocenters. The minimum Gasteiger partial charge on any atom is -0.225 e. The fourth-order valence-corrected chi connectivity index (χ4v) is 2.57. The Kier molecular flexibility index (Phi) is 6.02. The molecule has 0 fully saturated rings. The second kappa shape index (κ2) is 6.10. The van der Waals surface area contributed by atoms with Crippen molar-refractivity contribution in [3.63, 3.8) is 0 Å². The second-order valence-electron chi connectivity index (χ2n) is 5.70. The van der Waals surface area contributed by atoms with Crippen LogP contribution in [0.4, 0.5) is 8.78 Å². The summed E-state index contributed by atoms with van der Waals surface area (Å²) in [7, 11) is 0. The van der Waals surface area contributed by atoms with E-state index >= 15 is 0 Å². The highest BCUT2D eigenvalue weighted by Gasteiger charge is 2.48. The average molecular weight is 250 g/mol. The zero-order valence-electron chi connectivity index (χ0n) is 12.5. The smallest absolute Gasteiger partial charge is 0.225 e. The van der Waals surface area contributed by atoms with Gasteiger partial charge in [0, 0.05) is 24.2 Å². The third kappa shape index (κ3) is 3.88. The molecule has 0 aromatic carbocycles. The molecule has 0 aromatic heterocycles. The van der Waals surface area contributed by atoms with Gasteiger partial charge in [0.1, 0.15) is 0 Å². The highest BCUT2D eigenvalue weighted by Crippen LogP contribution is 2.32. The summed E-state index contributed by atoms with van der Waals surface area (Å²) in [6, 6.07) is -0.759. The predicted octanol–water partition coefficient (Wildman–Crippen LogP) is 3.77. The molecule has 0 amide bonds. The SMILES string of the molecule is CC(C)N(C(C)C)C(F)(F)N(C(C)C)C(C)C. The first-order valence-electron chi connectivity index (χ1n) is 6.48. The standard InChI is InChI=1S/C13H28F2N2/c1-9(2)16(10(3)4)13(14,15)17(11(5)6)12(7)8/h9-12H,1-8H3. The van der Waals surface area contributed by atoms with E-state index in [0.717, 1.165) is 0 Å². The van der Waals surface area contributed by atoms with Crippen molar-refractivity contribution in [2.24, 2.45) is 0 Å². The van der Waals surface area contributed by atoms with Gasteiger partial charge in [-0.2, -0.15) is 8.78 Å². The van der Waals surface area contributed by atoms with Gasteiger partial charge in [0.25, 0.3) is 0 Å². The van der Waals surface area contributed by atoms with E-state index in [2.05, 4.69) is 0 Å². The van der Waals surface area contributed by atoms with Crippen LogP contribution in [0.1, 0.15) is 55.4 Å². The molecule has 0 N–H and O–H groups in total. The molecule has 0 heterocycles. The summed E-state index contributed by atoms with van der Waals surface area (Å²) >= 11 is 0. The van der Waals surface area contributed by atoms with Crippen molar-refractivity contribution in [1.29, 1.82) is 0 Å². The number of halogens is 2. The van der Waals surface area contributed by atoms with E-state index < -0.39 is 6.17 Å². The lowest BCUT2D eigenvalue weighted by atomic mass is 10.2. The van der Waals surface area contributed by atoms with Gasteiger partial charge in [-0.05, 0) is 55.4 Å². The van der Waals surface area contributed by atoms with E-state index in [9.17, 15) is 8.78 Å². The summed E-state index contributed by atoms with van der Waals surface area (Å²) in [5.74, 6) is 0. The molecule has 0 aliphatic carbocycles. The van der Waals surface area contributed by atoms with Gasteiger partial charge in [-0.1, -0.05) is 0 Å². The Morgan fingerprint density at radius 2 is 0.765 bits per heavy atom. The third-order valence-corrected chi connectivity index (χ3v) is 2.85. The van der Waals surface area contributed by atoms with Crippen molar-refractivity contribution in [3.05, 3.63) is 0 Å². The largest absolute Gasteiger partial charge is 0.370 e. The molecule has 0 atom stereocenters. The summed E-state index contributed by atoms with van der Waals surface area (Å²) in [6.07, 6.45) is -2.91. The maximum Gasteiger partial charge on any atom is 0.370 e. The third-order valence-electron chi connectivity index (χ3n) is 2.85. The topological polar surface area (TPSA) is 6.48 Å². The van der Waals surface area contributed by atoms with Crippen molar-refractivity contribution in [1.82, 2.24) is 9.80 Å². The van der Waals surface area contributed by atoms with E-state index in [-0.39, 0.29) is 24.2 Å². The van der Waals surface area contributed by atoms with Crippen LogP contribution in [0.15, 0.2) is 0 Å². The molecule has 17 heavy (non-hydrogen) atoms.